The molecular formula is C11H12N2OS. The zero-order chi connectivity index (χ0) is 10.7. The highest BCUT2D eigenvalue weighted by atomic mass is 32.1. The minimum absolute atomic E-state index is 0.495. The third kappa shape index (κ3) is 2.16. The van der Waals surface area contributed by atoms with Gasteiger partial charge in [0, 0.05) is 12.7 Å². The topological polar surface area (TPSA) is 48.1 Å². The Morgan fingerprint density at radius 2 is 2.33 bits per heavy atom. The van der Waals surface area contributed by atoms with Gasteiger partial charge in [-0.2, -0.15) is 0 Å². The number of nitrogens with two attached hydrogens (primary N) is 1. The van der Waals surface area contributed by atoms with Crippen molar-refractivity contribution in [2.24, 2.45) is 5.73 Å². The quantitative estimate of drug-likeness (QED) is 0.863. The monoisotopic (exact) mass is 220 g/mol. The molecule has 1 aromatic carbocycles. The molecule has 0 saturated heterocycles. The van der Waals surface area contributed by atoms with Gasteiger partial charge in [-0.25, -0.2) is 4.98 Å². The molecule has 3 nitrogen and oxygen atoms in total. The Morgan fingerprint density at radius 1 is 1.47 bits per heavy atom. The van der Waals surface area contributed by atoms with E-state index in [1.807, 2.05) is 30.5 Å². The molecule has 2 aromatic rings. The van der Waals surface area contributed by atoms with Crippen LogP contribution in [0, 0.1) is 0 Å². The van der Waals surface area contributed by atoms with Crippen LogP contribution in [-0.2, 0) is 6.54 Å². The number of benzene rings is 1. The molecule has 0 aliphatic rings. The normalized spacial score (nSPS) is 10.3. The molecule has 0 aliphatic heterocycles. The largest absolute Gasteiger partial charge is 0.497 e. The number of ether oxygens (including phenoxy) is 1. The Morgan fingerprint density at radius 3 is 3.00 bits per heavy atom. The highest BCUT2D eigenvalue weighted by Gasteiger charge is 2.03. The van der Waals surface area contributed by atoms with E-state index in [4.69, 9.17) is 10.5 Å². The van der Waals surface area contributed by atoms with Crippen LogP contribution >= 0.6 is 11.3 Å². The maximum atomic E-state index is 5.52. The zero-order valence-corrected chi connectivity index (χ0v) is 9.25. The predicted octanol–water partition coefficient (Wildman–Crippen LogP) is 2.28. The lowest BCUT2D eigenvalue weighted by molar-refractivity contribution is 0.415. The summed E-state index contributed by atoms with van der Waals surface area (Å²) in [5.74, 6) is 0.857. The summed E-state index contributed by atoms with van der Waals surface area (Å²) in [6.45, 7) is 0.495. The molecule has 4 heteroatoms. The lowest BCUT2D eigenvalue weighted by Gasteiger charge is -2.01. The van der Waals surface area contributed by atoms with Gasteiger partial charge >= 0.3 is 0 Å². The standard InChI is InChI=1S/C11H12N2OS/c1-14-9-4-2-3-8(5-9)10-7-13-11(6-12)15-10/h2-5,7H,6,12H2,1H3. The van der Waals surface area contributed by atoms with Crippen molar-refractivity contribution < 1.29 is 4.74 Å². The van der Waals surface area contributed by atoms with Crippen LogP contribution in [0.4, 0.5) is 0 Å². The number of hydrogen-bond donors (Lipinski definition) is 1. The molecule has 1 heterocycles. The van der Waals surface area contributed by atoms with Gasteiger partial charge in [0.2, 0.25) is 0 Å². The Labute approximate surface area is 92.5 Å². The third-order valence-corrected chi connectivity index (χ3v) is 3.15. The minimum Gasteiger partial charge on any atom is -0.497 e. The summed E-state index contributed by atoms with van der Waals surface area (Å²) in [6, 6.07) is 7.93. The first-order valence-electron chi connectivity index (χ1n) is 4.62. The molecule has 0 unspecified atom stereocenters. The summed E-state index contributed by atoms with van der Waals surface area (Å²) < 4.78 is 5.17. The van der Waals surface area contributed by atoms with Crippen molar-refractivity contribution >= 4 is 11.3 Å². The average Bonchev–Trinajstić information content (AvgIpc) is 2.78. The van der Waals surface area contributed by atoms with Crippen LogP contribution in [0.1, 0.15) is 5.01 Å². The molecule has 78 valence electrons. The van der Waals surface area contributed by atoms with E-state index >= 15 is 0 Å². The van der Waals surface area contributed by atoms with Gasteiger partial charge in [0.25, 0.3) is 0 Å². The maximum absolute atomic E-state index is 5.52. The van der Waals surface area contributed by atoms with Crippen LogP contribution in [0.5, 0.6) is 5.75 Å². The fourth-order valence-corrected chi connectivity index (χ4v) is 2.11. The third-order valence-electron chi connectivity index (χ3n) is 2.08. The Bertz CT molecular complexity index is 453. The van der Waals surface area contributed by atoms with Crippen LogP contribution in [0.3, 0.4) is 0 Å². The molecule has 0 atom stereocenters. The molecule has 0 aliphatic carbocycles. The number of thiazole rings is 1. The van der Waals surface area contributed by atoms with Crippen molar-refractivity contribution in [1.82, 2.24) is 4.98 Å². The van der Waals surface area contributed by atoms with Crippen molar-refractivity contribution in [2.75, 3.05) is 7.11 Å². The van der Waals surface area contributed by atoms with Crippen LogP contribution in [0.25, 0.3) is 10.4 Å². The Kier molecular flexibility index (Phi) is 2.99. The van der Waals surface area contributed by atoms with E-state index < -0.39 is 0 Å². The van der Waals surface area contributed by atoms with Crippen LogP contribution in [0.2, 0.25) is 0 Å². The van der Waals surface area contributed by atoms with Crippen molar-refractivity contribution in [3.63, 3.8) is 0 Å². The molecule has 2 rings (SSSR count). The highest BCUT2D eigenvalue weighted by molar-refractivity contribution is 7.15. The van der Waals surface area contributed by atoms with Crippen molar-refractivity contribution in [3.05, 3.63) is 35.5 Å². The van der Waals surface area contributed by atoms with Crippen molar-refractivity contribution in [3.8, 4) is 16.2 Å². The van der Waals surface area contributed by atoms with Gasteiger partial charge in [-0.3, -0.25) is 0 Å². The van der Waals surface area contributed by atoms with Gasteiger partial charge < -0.3 is 10.5 Å². The highest BCUT2D eigenvalue weighted by Crippen LogP contribution is 2.28. The van der Waals surface area contributed by atoms with E-state index in [-0.39, 0.29) is 0 Å². The Balaban J connectivity index is 2.35. The van der Waals surface area contributed by atoms with E-state index in [1.54, 1.807) is 18.4 Å². The second kappa shape index (κ2) is 4.42. The van der Waals surface area contributed by atoms with Gasteiger partial charge in [0.05, 0.1) is 12.0 Å². The second-order valence-corrected chi connectivity index (χ2v) is 4.17. The molecule has 0 amide bonds. The number of hydrogen-bond acceptors (Lipinski definition) is 4. The Hall–Kier alpha value is -1.39. The van der Waals surface area contributed by atoms with Gasteiger partial charge in [-0.05, 0) is 17.7 Å². The summed E-state index contributed by atoms with van der Waals surface area (Å²) in [6.07, 6.45) is 1.85. The minimum atomic E-state index is 0.495. The molecule has 1 aromatic heterocycles. The van der Waals surface area contributed by atoms with Crippen LogP contribution < -0.4 is 10.5 Å². The average molecular weight is 220 g/mol. The van der Waals surface area contributed by atoms with Gasteiger partial charge in [-0.15, -0.1) is 11.3 Å². The molecule has 0 spiro atoms. The molecular weight excluding hydrogens is 208 g/mol. The summed E-state index contributed by atoms with van der Waals surface area (Å²) in [5.41, 5.74) is 6.64. The predicted molar refractivity (Wildman–Crippen MR) is 62.0 cm³/mol. The molecule has 0 saturated carbocycles. The van der Waals surface area contributed by atoms with Crippen molar-refractivity contribution in [2.45, 2.75) is 6.54 Å². The number of rotatable bonds is 3. The first-order valence-corrected chi connectivity index (χ1v) is 5.44. The molecule has 0 fully saturated rings. The maximum Gasteiger partial charge on any atom is 0.119 e. The fourth-order valence-electron chi connectivity index (χ4n) is 1.31. The van der Waals surface area contributed by atoms with E-state index in [0.717, 1.165) is 21.2 Å². The molecule has 15 heavy (non-hydrogen) atoms. The number of aromatic nitrogens is 1. The first kappa shape index (κ1) is 10.1. The van der Waals surface area contributed by atoms with Crippen LogP contribution in [0.15, 0.2) is 30.5 Å². The van der Waals surface area contributed by atoms with Gasteiger partial charge in [0.15, 0.2) is 0 Å². The first-order chi connectivity index (χ1) is 7.33. The number of methoxy groups -OCH3 is 1. The molecule has 0 radical (unpaired) electrons. The zero-order valence-electron chi connectivity index (χ0n) is 8.43. The lowest BCUT2D eigenvalue weighted by Crippen LogP contribution is -1.93. The van der Waals surface area contributed by atoms with E-state index in [9.17, 15) is 0 Å². The summed E-state index contributed by atoms with van der Waals surface area (Å²) in [5, 5.41) is 0.952. The lowest BCUT2D eigenvalue weighted by atomic mass is 10.2. The smallest absolute Gasteiger partial charge is 0.119 e. The van der Waals surface area contributed by atoms with Gasteiger partial charge in [0.1, 0.15) is 10.8 Å². The van der Waals surface area contributed by atoms with Gasteiger partial charge in [-0.1, -0.05) is 12.1 Å². The second-order valence-electron chi connectivity index (χ2n) is 3.05. The van der Waals surface area contributed by atoms with E-state index in [2.05, 4.69) is 4.98 Å². The van der Waals surface area contributed by atoms with E-state index in [1.165, 1.54) is 0 Å². The van der Waals surface area contributed by atoms with E-state index in [0.29, 0.717) is 6.54 Å². The summed E-state index contributed by atoms with van der Waals surface area (Å²) >= 11 is 1.61. The molecule has 2 N–H and O–H groups in total. The fraction of sp³-hybridized carbons (Fsp3) is 0.182. The number of nitrogens with zero attached hydrogens (tertiary/aromatic N) is 1. The van der Waals surface area contributed by atoms with Crippen LogP contribution in [-0.4, -0.2) is 12.1 Å². The molecule has 0 bridgehead atoms. The summed E-state index contributed by atoms with van der Waals surface area (Å²) in [7, 11) is 1.66. The SMILES string of the molecule is COc1cccc(-c2cnc(CN)s2)c1. The summed E-state index contributed by atoms with van der Waals surface area (Å²) in [4.78, 5) is 5.34. The van der Waals surface area contributed by atoms with Crippen molar-refractivity contribution in [1.29, 1.82) is 0 Å².